The third-order valence-corrected chi connectivity index (χ3v) is 4.18. The molecule has 0 spiro atoms. The maximum atomic E-state index is 12.3. The molecule has 4 aromatic rings. The van der Waals surface area contributed by atoms with Crippen LogP contribution in [0.4, 0.5) is 5.82 Å². The van der Waals surface area contributed by atoms with Crippen LogP contribution in [0, 0.1) is 6.92 Å². The lowest BCUT2D eigenvalue weighted by Crippen LogP contribution is -2.07. The largest absolute Gasteiger partial charge is 0.465 e. The third kappa shape index (κ3) is 2.30. The quantitative estimate of drug-likeness (QED) is 0.570. The fourth-order valence-electron chi connectivity index (χ4n) is 2.92. The number of benzene rings is 2. The molecule has 2 N–H and O–H groups in total. The van der Waals surface area contributed by atoms with Crippen LogP contribution < -0.4 is 5.73 Å². The zero-order valence-electron chi connectivity index (χ0n) is 13.9. The third-order valence-electron chi connectivity index (χ3n) is 4.18. The molecule has 0 atom stereocenters. The molecule has 6 heteroatoms. The molecule has 0 radical (unpaired) electrons. The van der Waals surface area contributed by atoms with Crippen LogP contribution >= 0.6 is 0 Å². The maximum Gasteiger partial charge on any atom is 0.343 e. The average molecular weight is 332 g/mol. The average Bonchev–Trinajstić information content (AvgIpc) is 2.91. The number of methoxy groups -OCH3 is 1. The summed E-state index contributed by atoms with van der Waals surface area (Å²) in [6.45, 7) is 2.01. The molecule has 0 aliphatic heterocycles. The molecular weight excluding hydrogens is 316 g/mol. The highest BCUT2D eigenvalue weighted by atomic mass is 16.5. The molecule has 0 aliphatic carbocycles. The van der Waals surface area contributed by atoms with Crippen molar-refractivity contribution in [2.24, 2.45) is 0 Å². The number of anilines is 1. The van der Waals surface area contributed by atoms with Gasteiger partial charge in [0.2, 0.25) is 0 Å². The predicted molar refractivity (Wildman–Crippen MR) is 96.9 cm³/mol. The second-order valence-electron chi connectivity index (χ2n) is 5.81. The minimum Gasteiger partial charge on any atom is -0.465 e. The van der Waals surface area contributed by atoms with Crippen LogP contribution in [0.15, 0.2) is 48.5 Å². The Morgan fingerprint density at radius 3 is 2.32 bits per heavy atom. The summed E-state index contributed by atoms with van der Waals surface area (Å²) < 4.78 is 6.64. The van der Waals surface area contributed by atoms with Gasteiger partial charge in [-0.05, 0) is 31.2 Å². The molecule has 0 amide bonds. The Morgan fingerprint density at radius 1 is 1.04 bits per heavy atom. The molecule has 2 aromatic carbocycles. The summed E-state index contributed by atoms with van der Waals surface area (Å²) in [7, 11) is 1.32. The molecule has 0 saturated carbocycles. The highest BCUT2D eigenvalue weighted by molar-refractivity contribution is 6.08. The van der Waals surface area contributed by atoms with Crippen LogP contribution in [0.2, 0.25) is 0 Å². The smallest absolute Gasteiger partial charge is 0.343 e. The van der Waals surface area contributed by atoms with Crippen LogP contribution in [0.25, 0.3) is 27.9 Å². The van der Waals surface area contributed by atoms with Crippen LogP contribution in [0.3, 0.4) is 0 Å². The van der Waals surface area contributed by atoms with E-state index in [0.29, 0.717) is 16.7 Å². The molecule has 2 heterocycles. The van der Waals surface area contributed by atoms with Gasteiger partial charge in [-0.2, -0.15) is 0 Å². The number of hydrogen-bond acceptors (Lipinski definition) is 5. The van der Waals surface area contributed by atoms with Gasteiger partial charge in [-0.25, -0.2) is 14.8 Å². The first kappa shape index (κ1) is 15.1. The zero-order valence-corrected chi connectivity index (χ0v) is 13.9. The molecule has 124 valence electrons. The number of nitrogens with zero attached hydrogens (tertiary/aromatic N) is 3. The Labute approximate surface area is 143 Å². The van der Waals surface area contributed by atoms with E-state index in [2.05, 4.69) is 9.97 Å². The first-order valence-corrected chi connectivity index (χ1v) is 7.82. The number of ether oxygens (including phenoxy) is 1. The van der Waals surface area contributed by atoms with E-state index in [1.807, 2.05) is 55.5 Å². The zero-order chi connectivity index (χ0) is 17.6. The standard InChI is InChI=1S/C19H16N4O2/c1-11-7-9-12(10-8-11)23-17(20)15(19(24)25-2)16-18(23)22-14-6-4-3-5-13(14)21-16/h3-10H,20H2,1-2H3. The van der Waals surface area contributed by atoms with Gasteiger partial charge in [0.15, 0.2) is 5.65 Å². The van der Waals surface area contributed by atoms with Gasteiger partial charge in [-0.15, -0.1) is 0 Å². The van der Waals surface area contributed by atoms with E-state index in [4.69, 9.17) is 10.5 Å². The molecule has 25 heavy (non-hydrogen) atoms. The van der Waals surface area contributed by atoms with E-state index in [9.17, 15) is 4.79 Å². The van der Waals surface area contributed by atoms with Crippen molar-refractivity contribution in [3.63, 3.8) is 0 Å². The molecule has 4 rings (SSSR count). The minimum atomic E-state index is -0.530. The number of aromatic nitrogens is 3. The van der Waals surface area contributed by atoms with Crippen LogP contribution in [-0.4, -0.2) is 27.6 Å². The molecular formula is C19H16N4O2. The number of fused-ring (bicyclic) bond motifs is 2. The highest BCUT2D eigenvalue weighted by Gasteiger charge is 2.25. The fraction of sp³-hybridized carbons (Fsp3) is 0.105. The van der Waals surface area contributed by atoms with Crippen LogP contribution in [0.1, 0.15) is 15.9 Å². The van der Waals surface area contributed by atoms with E-state index in [0.717, 1.165) is 16.8 Å². The minimum absolute atomic E-state index is 0.233. The van der Waals surface area contributed by atoms with Gasteiger partial charge in [0, 0.05) is 5.69 Å². The molecule has 6 nitrogen and oxygen atoms in total. The summed E-state index contributed by atoms with van der Waals surface area (Å²) in [6.07, 6.45) is 0. The summed E-state index contributed by atoms with van der Waals surface area (Å²) in [5, 5.41) is 0. The number of rotatable bonds is 2. The number of nitrogen functional groups attached to an aromatic ring is 1. The predicted octanol–water partition coefficient (Wildman–Crippen LogP) is 3.25. The van der Waals surface area contributed by atoms with E-state index >= 15 is 0 Å². The number of nitrogens with two attached hydrogens (primary N) is 1. The molecule has 2 aromatic heterocycles. The van der Waals surface area contributed by atoms with Gasteiger partial charge in [0.1, 0.15) is 16.9 Å². The van der Waals surface area contributed by atoms with Gasteiger partial charge in [0.05, 0.1) is 18.1 Å². The SMILES string of the molecule is COC(=O)c1c(N)n(-c2ccc(C)cc2)c2nc3ccccc3nc12. The van der Waals surface area contributed by atoms with Crippen molar-refractivity contribution < 1.29 is 9.53 Å². The van der Waals surface area contributed by atoms with Gasteiger partial charge < -0.3 is 10.5 Å². The fourth-order valence-corrected chi connectivity index (χ4v) is 2.92. The number of para-hydroxylation sites is 2. The van der Waals surface area contributed by atoms with Crippen molar-refractivity contribution in [2.75, 3.05) is 12.8 Å². The maximum absolute atomic E-state index is 12.3. The summed E-state index contributed by atoms with van der Waals surface area (Å²) >= 11 is 0. The van der Waals surface area contributed by atoms with E-state index in [-0.39, 0.29) is 11.4 Å². The van der Waals surface area contributed by atoms with E-state index in [1.54, 1.807) is 4.57 Å². The van der Waals surface area contributed by atoms with E-state index in [1.165, 1.54) is 7.11 Å². The van der Waals surface area contributed by atoms with Gasteiger partial charge in [0.25, 0.3) is 0 Å². The Bertz CT molecular complexity index is 1110. The lowest BCUT2D eigenvalue weighted by Gasteiger charge is -2.08. The number of carbonyl (C=O) groups is 1. The van der Waals surface area contributed by atoms with Crippen molar-refractivity contribution in [1.82, 2.24) is 14.5 Å². The Hall–Kier alpha value is -3.41. The highest BCUT2D eigenvalue weighted by Crippen LogP contribution is 2.31. The first-order valence-electron chi connectivity index (χ1n) is 7.82. The van der Waals surface area contributed by atoms with Gasteiger partial charge >= 0.3 is 5.97 Å². The van der Waals surface area contributed by atoms with Crippen molar-refractivity contribution >= 4 is 34.0 Å². The van der Waals surface area contributed by atoms with Crippen molar-refractivity contribution in [1.29, 1.82) is 0 Å². The van der Waals surface area contributed by atoms with Crippen molar-refractivity contribution in [2.45, 2.75) is 6.92 Å². The summed E-state index contributed by atoms with van der Waals surface area (Å²) in [5.74, 6) is -0.265. The van der Waals surface area contributed by atoms with Gasteiger partial charge in [-0.1, -0.05) is 29.8 Å². The van der Waals surface area contributed by atoms with Crippen LogP contribution in [0.5, 0.6) is 0 Å². The lowest BCUT2D eigenvalue weighted by atomic mass is 10.2. The number of esters is 1. The second kappa shape index (κ2) is 5.59. The summed E-state index contributed by atoms with van der Waals surface area (Å²) in [6, 6.07) is 15.3. The Kier molecular flexibility index (Phi) is 3.39. The molecule has 0 aliphatic rings. The monoisotopic (exact) mass is 332 g/mol. The van der Waals surface area contributed by atoms with Gasteiger partial charge in [-0.3, -0.25) is 4.57 Å². The van der Waals surface area contributed by atoms with Crippen LogP contribution in [-0.2, 0) is 4.74 Å². The first-order chi connectivity index (χ1) is 12.1. The summed E-state index contributed by atoms with van der Waals surface area (Å²) in [5.41, 5.74) is 10.9. The van der Waals surface area contributed by atoms with Crippen molar-refractivity contribution in [3.8, 4) is 5.69 Å². The summed E-state index contributed by atoms with van der Waals surface area (Å²) in [4.78, 5) is 21.6. The topological polar surface area (TPSA) is 83.0 Å². The number of carbonyl (C=O) groups excluding carboxylic acids is 1. The number of hydrogen-bond donors (Lipinski definition) is 1. The lowest BCUT2D eigenvalue weighted by molar-refractivity contribution is 0.0604. The molecule has 0 saturated heterocycles. The Morgan fingerprint density at radius 2 is 1.68 bits per heavy atom. The number of aryl methyl sites for hydroxylation is 1. The molecule has 0 fully saturated rings. The second-order valence-corrected chi connectivity index (χ2v) is 5.81. The van der Waals surface area contributed by atoms with Crippen molar-refractivity contribution in [3.05, 3.63) is 59.7 Å². The van der Waals surface area contributed by atoms with E-state index < -0.39 is 5.97 Å². The molecule has 0 bridgehead atoms. The Balaban J connectivity index is 2.13. The normalized spacial score (nSPS) is 11.1. The molecule has 0 unspecified atom stereocenters.